The van der Waals surface area contributed by atoms with Gasteiger partial charge in [-0.3, -0.25) is 0 Å². The molecule has 0 unspecified atom stereocenters. The standard InChI is InChI=1S/C16H20O8/c1-9-20-8-11-14(22-9)12(17)13(18)15(23-11)24-16(19)21-7-10-5-3-2-4-6-10/h2-6,9,11-15,17-18H,7-8H2,1H3/t9-,11-,12-,13-,14-,15+/m1/s1. The lowest BCUT2D eigenvalue weighted by molar-refractivity contribution is -0.349. The first-order valence-electron chi connectivity index (χ1n) is 7.70. The minimum absolute atomic E-state index is 0.0286. The molecule has 1 aromatic rings. The molecular formula is C16H20O8. The minimum atomic E-state index is -1.44. The highest BCUT2D eigenvalue weighted by atomic mass is 16.8. The summed E-state index contributed by atoms with van der Waals surface area (Å²) in [5.41, 5.74) is 0.794. The molecule has 0 aliphatic carbocycles. The van der Waals surface area contributed by atoms with Gasteiger partial charge in [-0.15, -0.1) is 0 Å². The number of aliphatic hydroxyl groups is 2. The maximum atomic E-state index is 11.8. The zero-order valence-corrected chi connectivity index (χ0v) is 13.1. The molecule has 8 heteroatoms. The second-order valence-corrected chi connectivity index (χ2v) is 5.67. The van der Waals surface area contributed by atoms with Gasteiger partial charge in [0.25, 0.3) is 0 Å². The summed E-state index contributed by atoms with van der Waals surface area (Å²) < 4.78 is 26.1. The van der Waals surface area contributed by atoms with Crippen LogP contribution in [0.5, 0.6) is 0 Å². The Morgan fingerprint density at radius 3 is 2.71 bits per heavy atom. The number of rotatable bonds is 3. The van der Waals surface area contributed by atoms with Crippen LogP contribution < -0.4 is 0 Å². The first kappa shape index (κ1) is 17.1. The van der Waals surface area contributed by atoms with E-state index < -0.39 is 43.2 Å². The van der Waals surface area contributed by atoms with Gasteiger partial charge in [0, 0.05) is 0 Å². The number of aliphatic hydroxyl groups excluding tert-OH is 2. The molecule has 0 aromatic heterocycles. The van der Waals surface area contributed by atoms with Gasteiger partial charge in [0.2, 0.25) is 6.29 Å². The monoisotopic (exact) mass is 340 g/mol. The summed E-state index contributed by atoms with van der Waals surface area (Å²) in [7, 11) is 0. The topological polar surface area (TPSA) is 104 Å². The van der Waals surface area contributed by atoms with Gasteiger partial charge in [-0.05, 0) is 12.5 Å². The van der Waals surface area contributed by atoms with Crippen molar-refractivity contribution in [3.05, 3.63) is 35.9 Å². The number of ether oxygens (including phenoxy) is 5. The number of carbonyl (C=O) groups is 1. The Hall–Kier alpha value is -1.71. The van der Waals surface area contributed by atoms with Crippen molar-refractivity contribution in [3.63, 3.8) is 0 Å². The molecule has 24 heavy (non-hydrogen) atoms. The maximum absolute atomic E-state index is 11.8. The highest BCUT2D eigenvalue weighted by molar-refractivity contribution is 5.60. The van der Waals surface area contributed by atoms with Gasteiger partial charge in [-0.25, -0.2) is 4.79 Å². The molecule has 2 saturated heterocycles. The van der Waals surface area contributed by atoms with Crippen LogP contribution in [0.15, 0.2) is 30.3 Å². The zero-order valence-electron chi connectivity index (χ0n) is 13.1. The van der Waals surface area contributed by atoms with E-state index in [1.54, 1.807) is 19.1 Å². The number of hydrogen-bond donors (Lipinski definition) is 2. The molecule has 6 atom stereocenters. The van der Waals surface area contributed by atoms with Gasteiger partial charge in [0.05, 0.1) is 6.61 Å². The van der Waals surface area contributed by atoms with Crippen LogP contribution >= 0.6 is 0 Å². The molecule has 0 radical (unpaired) electrons. The fraction of sp³-hybridized carbons (Fsp3) is 0.562. The van der Waals surface area contributed by atoms with E-state index in [0.717, 1.165) is 5.56 Å². The Kier molecular flexibility index (Phi) is 5.32. The van der Waals surface area contributed by atoms with Crippen LogP contribution in [0.1, 0.15) is 12.5 Å². The van der Waals surface area contributed by atoms with Crippen molar-refractivity contribution in [2.24, 2.45) is 0 Å². The molecule has 0 bridgehead atoms. The average molecular weight is 340 g/mol. The van der Waals surface area contributed by atoms with Crippen molar-refractivity contribution >= 4 is 6.16 Å². The summed E-state index contributed by atoms with van der Waals surface area (Å²) >= 11 is 0. The van der Waals surface area contributed by atoms with Gasteiger partial charge in [0.15, 0.2) is 6.29 Å². The highest BCUT2D eigenvalue weighted by Gasteiger charge is 2.49. The first-order valence-corrected chi connectivity index (χ1v) is 7.70. The second-order valence-electron chi connectivity index (χ2n) is 5.67. The molecule has 0 amide bonds. The summed E-state index contributed by atoms with van der Waals surface area (Å²) in [5, 5.41) is 20.2. The molecule has 3 rings (SSSR count). The van der Waals surface area contributed by atoms with Gasteiger partial charge in [-0.1, -0.05) is 30.3 Å². The van der Waals surface area contributed by atoms with E-state index in [1.807, 2.05) is 18.2 Å². The molecule has 1 aromatic carbocycles. The van der Waals surface area contributed by atoms with Crippen molar-refractivity contribution < 1.29 is 38.7 Å². The highest BCUT2D eigenvalue weighted by Crippen LogP contribution is 2.29. The van der Waals surface area contributed by atoms with E-state index in [0.29, 0.717) is 0 Å². The maximum Gasteiger partial charge on any atom is 0.511 e. The summed E-state index contributed by atoms with van der Waals surface area (Å²) in [6.45, 7) is 1.87. The van der Waals surface area contributed by atoms with Gasteiger partial charge < -0.3 is 33.9 Å². The van der Waals surface area contributed by atoms with Crippen LogP contribution in [0.4, 0.5) is 4.79 Å². The lowest BCUT2D eigenvalue weighted by atomic mass is 9.98. The quantitative estimate of drug-likeness (QED) is 0.769. The predicted octanol–water partition coefficient (Wildman–Crippen LogP) is 0.548. The Balaban J connectivity index is 1.54. The third-order valence-electron chi connectivity index (χ3n) is 3.90. The van der Waals surface area contributed by atoms with Crippen LogP contribution in [-0.2, 0) is 30.3 Å². The fourth-order valence-corrected chi connectivity index (χ4v) is 2.64. The molecule has 2 aliphatic rings. The van der Waals surface area contributed by atoms with Gasteiger partial charge >= 0.3 is 6.16 Å². The first-order chi connectivity index (χ1) is 11.5. The molecule has 8 nitrogen and oxygen atoms in total. The van der Waals surface area contributed by atoms with Gasteiger partial charge in [-0.2, -0.15) is 0 Å². The Morgan fingerprint density at radius 2 is 1.96 bits per heavy atom. The van der Waals surface area contributed by atoms with Crippen LogP contribution in [0.25, 0.3) is 0 Å². The zero-order chi connectivity index (χ0) is 17.1. The van der Waals surface area contributed by atoms with Gasteiger partial charge in [0.1, 0.15) is 31.0 Å². The Bertz CT molecular complexity index is 548. The van der Waals surface area contributed by atoms with Crippen molar-refractivity contribution in [1.82, 2.24) is 0 Å². The normalized spacial score (nSPS) is 35.8. The second kappa shape index (κ2) is 7.45. The molecule has 132 valence electrons. The number of benzene rings is 1. The molecule has 0 saturated carbocycles. The Morgan fingerprint density at radius 1 is 1.21 bits per heavy atom. The van der Waals surface area contributed by atoms with E-state index in [-0.39, 0.29) is 13.2 Å². The van der Waals surface area contributed by atoms with Crippen molar-refractivity contribution in [2.45, 2.75) is 50.5 Å². The van der Waals surface area contributed by atoms with E-state index >= 15 is 0 Å². The summed E-state index contributed by atoms with van der Waals surface area (Å²) in [5.74, 6) is 0. The summed E-state index contributed by atoms with van der Waals surface area (Å²) in [6.07, 6.45) is -6.96. The number of hydrogen-bond acceptors (Lipinski definition) is 8. The smallest absolute Gasteiger partial charge is 0.429 e. The fourth-order valence-electron chi connectivity index (χ4n) is 2.64. The van der Waals surface area contributed by atoms with E-state index in [4.69, 9.17) is 23.7 Å². The van der Waals surface area contributed by atoms with Crippen LogP contribution in [0.2, 0.25) is 0 Å². The molecule has 2 aliphatic heterocycles. The minimum Gasteiger partial charge on any atom is -0.429 e. The van der Waals surface area contributed by atoms with E-state index in [9.17, 15) is 15.0 Å². The number of fused-ring (bicyclic) bond motifs is 1. The summed E-state index contributed by atoms with van der Waals surface area (Å²) in [4.78, 5) is 11.8. The van der Waals surface area contributed by atoms with E-state index in [2.05, 4.69) is 0 Å². The molecule has 2 N–H and O–H groups in total. The van der Waals surface area contributed by atoms with Crippen molar-refractivity contribution in [1.29, 1.82) is 0 Å². The van der Waals surface area contributed by atoms with Crippen LogP contribution in [0.3, 0.4) is 0 Å². The summed E-state index contributed by atoms with van der Waals surface area (Å²) in [6, 6.07) is 9.08. The average Bonchev–Trinajstić information content (AvgIpc) is 2.59. The van der Waals surface area contributed by atoms with Crippen LogP contribution in [-0.4, -0.2) is 60.0 Å². The molecule has 2 heterocycles. The predicted molar refractivity (Wildman–Crippen MR) is 78.7 cm³/mol. The van der Waals surface area contributed by atoms with Crippen molar-refractivity contribution in [2.75, 3.05) is 6.61 Å². The van der Waals surface area contributed by atoms with Crippen LogP contribution in [0, 0.1) is 0 Å². The largest absolute Gasteiger partial charge is 0.511 e. The van der Waals surface area contributed by atoms with Crippen molar-refractivity contribution in [3.8, 4) is 0 Å². The third-order valence-corrected chi connectivity index (χ3v) is 3.90. The molecule has 2 fully saturated rings. The third kappa shape index (κ3) is 3.85. The Labute approximate surface area is 138 Å². The molecular weight excluding hydrogens is 320 g/mol. The lowest BCUT2D eigenvalue weighted by Gasteiger charge is -2.45. The number of carbonyl (C=O) groups excluding carboxylic acids is 1. The molecule has 0 spiro atoms. The SMILES string of the molecule is C[C@@H]1OC[C@H]2O[C@@H](OC(=O)OCc3ccccc3)[C@H](O)[C@@H](O)[C@@H]2O1. The van der Waals surface area contributed by atoms with E-state index in [1.165, 1.54) is 0 Å². The lowest BCUT2D eigenvalue weighted by Crippen LogP contribution is -2.63.